The summed E-state index contributed by atoms with van der Waals surface area (Å²) in [5, 5.41) is 23.8. The van der Waals surface area contributed by atoms with E-state index in [2.05, 4.69) is 23.3 Å². The molecule has 3 atom stereocenters. The number of hydrogen-bond donors (Lipinski definition) is 6. The van der Waals surface area contributed by atoms with Crippen LogP contribution in [0.5, 0.6) is 5.75 Å². The Balaban J connectivity index is 2.85. The molecule has 0 saturated heterocycles. The van der Waals surface area contributed by atoms with Gasteiger partial charge < -0.3 is 26.6 Å². The lowest BCUT2D eigenvalue weighted by Crippen LogP contribution is -2.55. The summed E-state index contributed by atoms with van der Waals surface area (Å²) in [7, 11) is 0. The van der Waals surface area contributed by atoms with Gasteiger partial charge in [0.25, 0.3) is 0 Å². The molecule has 1 rings (SSSR count). The number of rotatable bonds is 10. The molecule has 0 aliphatic heterocycles. The molecular weight excluding hydrogens is 370 g/mol. The van der Waals surface area contributed by atoms with Crippen molar-refractivity contribution in [2.24, 2.45) is 11.7 Å². The normalized spacial score (nSPS) is 14.3. The molecule has 9 heteroatoms. The molecule has 150 valence electrons. The van der Waals surface area contributed by atoms with Crippen molar-refractivity contribution < 1.29 is 24.6 Å². The molecule has 27 heavy (non-hydrogen) atoms. The lowest BCUT2D eigenvalue weighted by molar-refractivity contribution is -0.142. The quantitative estimate of drug-likeness (QED) is 0.314. The number of carboxylic acid groups (broad SMARTS) is 1. The molecule has 0 radical (unpaired) electrons. The molecule has 0 fully saturated rings. The van der Waals surface area contributed by atoms with Crippen LogP contribution < -0.4 is 16.4 Å². The van der Waals surface area contributed by atoms with Gasteiger partial charge in [-0.15, -0.1) is 0 Å². The molecule has 6 N–H and O–H groups in total. The predicted molar refractivity (Wildman–Crippen MR) is 105 cm³/mol. The first kappa shape index (κ1) is 22.8. The van der Waals surface area contributed by atoms with Crippen molar-refractivity contribution in [3.8, 4) is 5.75 Å². The minimum atomic E-state index is -1.20. The number of carbonyl (C=O) groups is 3. The SMILES string of the molecule is CC(C)C[C@H](NC(=O)[C@@H](N)CS)C(=O)N[C@@H](Cc1ccc(O)cc1)C(=O)O. The lowest BCUT2D eigenvalue weighted by Gasteiger charge is -2.24. The largest absolute Gasteiger partial charge is 0.508 e. The van der Waals surface area contributed by atoms with E-state index in [-0.39, 0.29) is 23.8 Å². The van der Waals surface area contributed by atoms with Gasteiger partial charge in [-0.2, -0.15) is 12.6 Å². The maximum absolute atomic E-state index is 12.6. The van der Waals surface area contributed by atoms with Crippen LogP contribution in [0, 0.1) is 5.92 Å². The van der Waals surface area contributed by atoms with Crippen molar-refractivity contribution in [2.45, 2.75) is 44.8 Å². The summed E-state index contributed by atoms with van der Waals surface area (Å²) in [4.78, 5) is 36.1. The average Bonchev–Trinajstić information content (AvgIpc) is 2.60. The summed E-state index contributed by atoms with van der Waals surface area (Å²) in [6, 6.07) is 3.11. The van der Waals surface area contributed by atoms with Crippen LogP contribution in [0.15, 0.2) is 24.3 Å². The van der Waals surface area contributed by atoms with Gasteiger partial charge in [0.15, 0.2) is 0 Å². The summed E-state index contributed by atoms with van der Waals surface area (Å²) < 4.78 is 0. The van der Waals surface area contributed by atoms with Gasteiger partial charge in [0.1, 0.15) is 17.8 Å². The maximum atomic E-state index is 12.6. The number of carboxylic acids is 1. The number of phenolic OH excluding ortho intramolecular Hbond substituents is 1. The van der Waals surface area contributed by atoms with E-state index >= 15 is 0 Å². The minimum Gasteiger partial charge on any atom is -0.508 e. The van der Waals surface area contributed by atoms with Crippen molar-refractivity contribution in [2.75, 3.05) is 5.75 Å². The highest BCUT2D eigenvalue weighted by Gasteiger charge is 2.28. The van der Waals surface area contributed by atoms with E-state index in [1.54, 1.807) is 12.1 Å². The number of hydrogen-bond acceptors (Lipinski definition) is 6. The third-order valence-corrected chi connectivity index (χ3v) is 4.26. The van der Waals surface area contributed by atoms with E-state index < -0.39 is 35.9 Å². The molecule has 0 bridgehead atoms. The molecule has 1 aromatic rings. The molecule has 8 nitrogen and oxygen atoms in total. The zero-order valence-electron chi connectivity index (χ0n) is 15.4. The van der Waals surface area contributed by atoms with Crippen LogP contribution in [0.3, 0.4) is 0 Å². The first-order chi connectivity index (χ1) is 12.6. The van der Waals surface area contributed by atoms with E-state index in [9.17, 15) is 24.6 Å². The van der Waals surface area contributed by atoms with E-state index in [4.69, 9.17) is 5.73 Å². The number of aliphatic carboxylic acids is 1. The fraction of sp³-hybridized carbons (Fsp3) is 0.500. The minimum absolute atomic E-state index is 0.0415. The predicted octanol–water partition coefficient (Wildman–Crippen LogP) is 0.292. The summed E-state index contributed by atoms with van der Waals surface area (Å²) in [6.45, 7) is 3.77. The fourth-order valence-electron chi connectivity index (χ4n) is 2.40. The van der Waals surface area contributed by atoms with Gasteiger partial charge in [0.2, 0.25) is 11.8 Å². The standard InChI is InChI=1S/C18H27N3O5S/c1-10(2)7-14(20-16(23)13(19)9-27)17(24)21-15(18(25)26)8-11-3-5-12(22)6-4-11/h3-6,10,13-15,22,27H,7-9,19H2,1-2H3,(H,20,23)(H,21,24)(H,25,26)/t13-,14-,15-/m0/s1. The Kier molecular flexibility index (Phi) is 9.10. The van der Waals surface area contributed by atoms with Crippen molar-refractivity contribution >= 4 is 30.4 Å². The average molecular weight is 397 g/mol. The van der Waals surface area contributed by atoms with Gasteiger partial charge in [0, 0.05) is 12.2 Å². The van der Waals surface area contributed by atoms with Crippen LogP contribution >= 0.6 is 12.6 Å². The molecular formula is C18H27N3O5S. The Hall–Kier alpha value is -2.26. The fourth-order valence-corrected chi connectivity index (χ4v) is 2.57. The summed E-state index contributed by atoms with van der Waals surface area (Å²) in [5.41, 5.74) is 6.27. The van der Waals surface area contributed by atoms with Crippen LogP contribution in [0.2, 0.25) is 0 Å². The smallest absolute Gasteiger partial charge is 0.326 e. The number of nitrogens with one attached hydrogen (secondary N) is 2. The van der Waals surface area contributed by atoms with Crippen molar-refractivity contribution in [3.05, 3.63) is 29.8 Å². The number of carbonyl (C=O) groups excluding carboxylic acids is 2. The van der Waals surface area contributed by atoms with Crippen LogP contribution in [-0.2, 0) is 20.8 Å². The second kappa shape index (κ2) is 10.8. The molecule has 0 unspecified atom stereocenters. The second-order valence-corrected chi connectivity index (χ2v) is 7.11. The molecule has 0 spiro atoms. The van der Waals surface area contributed by atoms with Gasteiger partial charge in [0.05, 0.1) is 6.04 Å². The highest BCUT2D eigenvalue weighted by molar-refractivity contribution is 7.80. The van der Waals surface area contributed by atoms with Crippen molar-refractivity contribution in [3.63, 3.8) is 0 Å². The third kappa shape index (κ3) is 7.88. The number of benzene rings is 1. The number of amides is 2. The van der Waals surface area contributed by atoms with Crippen LogP contribution in [0.25, 0.3) is 0 Å². The van der Waals surface area contributed by atoms with Gasteiger partial charge in [-0.05, 0) is 30.0 Å². The van der Waals surface area contributed by atoms with Crippen molar-refractivity contribution in [1.29, 1.82) is 0 Å². The molecule has 2 amide bonds. The molecule has 0 heterocycles. The van der Waals surface area contributed by atoms with Gasteiger partial charge in [-0.1, -0.05) is 26.0 Å². The highest BCUT2D eigenvalue weighted by Crippen LogP contribution is 2.12. The highest BCUT2D eigenvalue weighted by atomic mass is 32.1. The Morgan fingerprint density at radius 2 is 1.63 bits per heavy atom. The first-order valence-corrected chi connectivity index (χ1v) is 9.25. The van der Waals surface area contributed by atoms with E-state index in [0.717, 1.165) is 0 Å². The van der Waals surface area contributed by atoms with Crippen molar-refractivity contribution in [1.82, 2.24) is 10.6 Å². The summed E-state index contributed by atoms with van der Waals surface area (Å²) >= 11 is 3.96. The first-order valence-electron chi connectivity index (χ1n) is 8.62. The molecule has 0 aliphatic rings. The molecule has 0 saturated carbocycles. The van der Waals surface area contributed by atoms with Gasteiger partial charge in [-0.3, -0.25) is 9.59 Å². The molecule has 0 aromatic heterocycles. The van der Waals surface area contributed by atoms with E-state index in [1.807, 2.05) is 13.8 Å². The zero-order chi connectivity index (χ0) is 20.6. The van der Waals surface area contributed by atoms with Crippen LogP contribution in [0.4, 0.5) is 0 Å². The van der Waals surface area contributed by atoms with E-state index in [0.29, 0.717) is 12.0 Å². The summed E-state index contributed by atoms with van der Waals surface area (Å²) in [6.07, 6.45) is 0.377. The lowest BCUT2D eigenvalue weighted by atomic mass is 10.0. The van der Waals surface area contributed by atoms with Crippen LogP contribution in [-0.4, -0.2) is 51.9 Å². The zero-order valence-corrected chi connectivity index (χ0v) is 16.3. The third-order valence-electron chi connectivity index (χ3n) is 3.86. The summed E-state index contributed by atoms with van der Waals surface area (Å²) in [5.74, 6) is -2.02. The second-order valence-electron chi connectivity index (χ2n) is 6.75. The molecule has 1 aromatic carbocycles. The Morgan fingerprint density at radius 3 is 2.11 bits per heavy atom. The number of phenols is 1. The Morgan fingerprint density at radius 1 is 1.07 bits per heavy atom. The van der Waals surface area contributed by atoms with Crippen LogP contribution in [0.1, 0.15) is 25.8 Å². The number of aromatic hydroxyl groups is 1. The van der Waals surface area contributed by atoms with Gasteiger partial charge in [-0.25, -0.2) is 4.79 Å². The van der Waals surface area contributed by atoms with Gasteiger partial charge >= 0.3 is 5.97 Å². The Labute approximate surface area is 163 Å². The number of thiol groups is 1. The molecule has 0 aliphatic carbocycles. The maximum Gasteiger partial charge on any atom is 0.326 e. The van der Waals surface area contributed by atoms with E-state index in [1.165, 1.54) is 12.1 Å². The monoisotopic (exact) mass is 397 g/mol. The number of nitrogens with two attached hydrogens (primary N) is 1. The Bertz CT molecular complexity index is 651. The topological polar surface area (TPSA) is 142 Å².